The van der Waals surface area contributed by atoms with Crippen LogP contribution in [0.4, 0.5) is 5.69 Å². The number of hydrogen-bond acceptors (Lipinski definition) is 8. The summed E-state index contributed by atoms with van der Waals surface area (Å²) < 4.78 is 11.6. The molecule has 3 aromatic rings. The Kier molecular flexibility index (Phi) is 4.33. The molecular formula is C15H11N5O5. The molecule has 0 saturated heterocycles. The summed E-state index contributed by atoms with van der Waals surface area (Å²) in [5, 5.41) is 21.8. The van der Waals surface area contributed by atoms with E-state index in [4.69, 9.17) is 9.47 Å². The van der Waals surface area contributed by atoms with E-state index in [1.54, 1.807) is 24.3 Å². The third-order valence-corrected chi connectivity index (χ3v) is 3.27. The van der Waals surface area contributed by atoms with Gasteiger partial charge in [0.25, 0.3) is 0 Å². The molecule has 1 heterocycles. The lowest BCUT2D eigenvalue weighted by Crippen LogP contribution is -2.09. The summed E-state index contributed by atoms with van der Waals surface area (Å²) in [6.45, 7) is 0. The van der Waals surface area contributed by atoms with Gasteiger partial charge in [-0.25, -0.2) is 9.48 Å². The van der Waals surface area contributed by atoms with E-state index in [1.807, 2.05) is 0 Å². The van der Waals surface area contributed by atoms with Crippen molar-refractivity contribution in [3.63, 3.8) is 0 Å². The molecule has 10 nitrogen and oxygen atoms in total. The van der Waals surface area contributed by atoms with E-state index in [1.165, 1.54) is 30.3 Å². The highest BCUT2D eigenvalue weighted by atomic mass is 16.6. The molecule has 0 spiro atoms. The molecule has 0 saturated carbocycles. The highest BCUT2D eigenvalue weighted by molar-refractivity contribution is 5.92. The molecular weight excluding hydrogens is 330 g/mol. The molecule has 0 aliphatic rings. The predicted molar refractivity (Wildman–Crippen MR) is 83.8 cm³/mol. The highest BCUT2D eigenvalue weighted by Crippen LogP contribution is 2.28. The Morgan fingerprint density at radius 3 is 2.56 bits per heavy atom. The van der Waals surface area contributed by atoms with Crippen molar-refractivity contribution in [2.45, 2.75) is 0 Å². The lowest BCUT2D eigenvalue weighted by Gasteiger charge is -2.07. The average Bonchev–Trinajstić information content (AvgIpc) is 3.16. The van der Waals surface area contributed by atoms with Crippen LogP contribution in [-0.4, -0.2) is 38.2 Å². The molecule has 10 heteroatoms. The lowest BCUT2D eigenvalue weighted by atomic mass is 10.2. The van der Waals surface area contributed by atoms with Crippen LogP contribution in [0.15, 0.2) is 48.8 Å². The van der Waals surface area contributed by atoms with Crippen LogP contribution in [0.25, 0.3) is 5.69 Å². The second kappa shape index (κ2) is 6.74. The van der Waals surface area contributed by atoms with Crippen LogP contribution >= 0.6 is 0 Å². The minimum absolute atomic E-state index is 0.0389. The van der Waals surface area contributed by atoms with Crippen molar-refractivity contribution in [3.05, 3.63) is 64.5 Å². The zero-order chi connectivity index (χ0) is 17.8. The van der Waals surface area contributed by atoms with Crippen LogP contribution in [0.5, 0.6) is 11.5 Å². The van der Waals surface area contributed by atoms with Crippen LogP contribution < -0.4 is 9.47 Å². The van der Waals surface area contributed by atoms with E-state index in [2.05, 4.69) is 15.5 Å². The molecule has 25 heavy (non-hydrogen) atoms. The zero-order valence-corrected chi connectivity index (χ0v) is 12.9. The van der Waals surface area contributed by atoms with Crippen molar-refractivity contribution in [1.29, 1.82) is 0 Å². The third-order valence-electron chi connectivity index (χ3n) is 3.27. The zero-order valence-electron chi connectivity index (χ0n) is 12.9. The molecule has 0 amide bonds. The van der Waals surface area contributed by atoms with Crippen LogP contribution in [-0.2, 0) is 0 Å². The number of nitro benzene ring substituents is 1. The van der Waals surface area contributed by atoms with E-state index < -0.39 is 10.9 Å². The molecule has 0 radical (unpaired) electrons. The molecule has 0 aliphatic carbocycles. The molecule has 0 bridgehead atoms. The molecule has 0 aliphatic heterocycles. The fraction of sp³-hybridized carbons (Fsp3) is 0.0667. The van der Waals surface area contributed by atoms with Crippen molar-refractivity contribution in [1.82, 2.24) is 20.2 Å². The second-order valence-corrected chi connectivity index (χ2v) is 4.78. The Labute approximate surface area is 140 Å². The van der Waals surface area contributed by atoms with E-state index in [0.717, 1.165) is 6.07 Å². The van der Waals surface area contributed by atoms with Gasteiger partial charge >= 0.3 is 11.7 Å². The number of tetrazole rings is 1. The third kappa shape index (κ3) is 3.42. The number of carbonyl (C=O) groups excluding carboxylic acids is 1. The Morgan fingerprint density at radius 2 is 1.96 bits per heavy atom. The minimum atomic E-state index is -0.721. The number of aromatic nitrogens is 4. The number of methoxy groups -OCH3 is 1. The molecule has 126 valence electrons. The summed E-state index contributed by atoms with van der Waals surface area (Å²) in [6.07, 6.45) is 1.43. The van der Waals surface area contributed by atoms with Gasteiger partial charge in [0.2, 0.25) is 0 Å². The van der Waals surface area contributed by atoms with Gasteiger partial charge < -0.3 is 9.47 Å². The van der Waals surface area contributed by atoms with Crippen LogP contribution in [0.3, 0.4) is 0 Å². The molecule has 0 fully saturated rings. The summed E-state index contributed by atoms with van der Waals surface area (Å²) in [5.41, 5.74) is 0.410. The molecule has 0 unspecified atom stereocenters. The van der Waals surface area contributed by atoms with E-state index in [0.29, 0.717) is 5.69 Å². The normalized spacial score (nSPS) is 10.3. The number of nitro groups is 1. The number of benzene rings is 2. The van der Waals surface area contributed by atoms with Gasteiger partial charge in [0.1, 0.15) is 12.1 Å². The van der Waals surface area contributed by atoms with Gasteiger partial charge in [-0.15, -0.1) is 5.10 Å². The molecule has 1 aromatic heterocycles. The fourth-order valence-electron chi connectivity index (χ4n) is 2.07. The maximum atomic E-state index is 12.2. The van der Waals surface area contributed by atoms with Gasteiger partial charge in [-0.05, 0) is 46.8 Å². The van der Waals surface area contributed by atoms with Gasteiger partial charge in [-0.3, -0.25) is 10.1 Å². The first kappa shape index (κ1) is 16.1. The molecule has 0 N–H and O–H groups in total. The van der Waals surface area contributed by atoms with Crippen molar-refractivity contribution in [3.8, 4) is 17.2 Å². The van der Waals surface area contributed by atoms with E-state index in [-0.39, 0.29) is 22.7 Å². The van der Waals surface area contributed by atoms with Gasteiger partial charge in [-0.1, -0.05) is 0 Å². The first-order valence-corrected chi connectivity index (χ1v) is 6.96. The van der Waals surface area contributed by atoms with Gasteiger partial charge in [0, 0.05) is 6.07 Å². The Hall–Kier alpha value is -3.82. The first-order chi connectivity index (χ1) is 12.1. The summed E-state index contributed by atoms with van der Waals surface area (Å²) in [4.78, 5) is 22.6. The maximum Gasteiger partial charge on any atom is 0.343 e. The molecule has 3 rings (SSSR count). The largest absolute Gasteiger partial charge is 0.490 e. The van der Waals surface area contributed by atoms with Crippen molar-refractivity contribution < 1.29 is 19.2 Å². The SMILES string of the molecule is COc1ccc(C(=O)Oc2ccc(-n3cnnn3)cc2)cc1[N+](=O)[O-]. The Morgan fingerprint density at radius 1 is 1.20 bits per heavy atom. The number of hydrogen-bond donors (Lipinski definition) is 0. The number of rotatable bonds is 5. The van der Waals surface area contributed by atoms with Crippen molar-refractivity contribution in [2.24, 2.45) is 0 Å². The quantitative estimate of drug-likeness (QED) is 0.298. The van der Waals surface area contributed by atoms with Crippen LogP contribution in [0, 0.1) is 10.1 Å². The first-order valence-electron chi connectivity index (χ1n) is 6.96. The fourth-order valence-corrected chi connectivity index (χ4v) is 2.07. The number of nitrogens with zero attached hydrogens (tertiary/aromatic N) is 5. The number of ether oxygens (including phenoxy) is 2. The van der Waals surface area contributed by atoms with E-state index in [9.17, 15) is 14.9 Å². The minimum Gasteiger partial charge on any atom is -0.490 e. The maximum absolute atomic E-state index is 12.2. The van der Waals surface area contributed by atoms with Gasteiger partial charge in [0.05, 0.1) is 23.3 Å². The summed E-state index contributed by atoms with van der Waals surface area (Å²) in [5.74, 6) is -0.381. The lowest BCUT2D eigenvalue weighted by molar-refractivity contribution is -0.385. The van der Waals surface area contributed by atoms with Gasteiger partial charge in [-0.2, -0.15) is 0 Å². The van der Waals surface area contributed by atoms with Crippen molar-refractivity contribution in [2.75, 3.05) is 7.11 Å². The van der Waals surface area contributed by atoms with Crippen molar-refractivity contribution >= 4 is 11.7 Å². The van der Waals surface area contributed by atoms with Gasteiger partial charge in [0.15, 0.2) is 5.75 Å². The Bertz CT molecular complexity index is 909. The second-order valence-electron chi connectivity index (χ2n) is 4.78. The van der Waals surface area contributed by atoms with Crippen LogP contribution in [0.1, 0.15) is 10.4 Å². The summed E-state index contributed by atoms with van der Waals surface area (Å²) in [6, 6.07) is 10.3. The average molecular weight is 341 g/mol. The topological polar surface area (TPSA) is 122 Å². The predicted octanol–water partition coefficient (Wildman–Crippen LogP) is 1.80. The van der Waals surface area contributed by atoms with Crippen LogP contribution in [0.2, 0.25) is 0 Å². The highest BCUT2D eigenvalue weighted by Gasteiger charge is 2.19. The molecule has 0 atom stereocenters. The Balaban J connectivity index is 1.78. The van der Waals surface area contributed by atoms with E-state index >= 15 is 0 Å². The standard InChI is InChI=1S/C15H11N5O5/c1-24-14-7-2-10(8-13(14)20(22)23)15(21)25-12-5-3-11(4-6-12)19-9-16-17-18-19/h2-9H,1H3. The summed E-state index contributed by atoms with van der Waals surface area (Å²) >= 11 is 0. The monoisotopic (exact) mass is 341 g/mol. The number of esters is 1. The summed E-state index contributed by atoms with van der Waals surface area (Å²) in [7, 11) is 1.31. The smallest absolute Gasteiger partial charge is 0.343 e. The molecule has 2 aromatic carbocycles. The number of carbonyl (C=O) groups is 1.